The summed E-state index contributed by atoms with van der Waals surface area (Å²) in [6.07, 6.45) is -1.52. The summed E-state index contributed by atoms with van der Waals surface area (Å²) in [6, 6.07) is 16.8. The molecule has 3 aromatic carbocycles. The van der Waals surface area contributed by atoms with Crippen LogP contribution in [0.1, 0.15) is 26.3 Å². The first-order valence-corrected chi connectivity index (χ1v) is 14.2. The van der Waals surface area contributed by atoms with Crippen molar-refractivity contribution in [2.75, 3.05) is 24.4 Å². The maximum Gasteiger partial charge on any atom is 0.416 e. The van der Waals surface area contributed by atoms with E-state index in [9.17, 15) is 18.0 Å². The molecular weight excluding hydrogens is 593 g/mol. The van der Waals surface area contributed by atoms with Crippen LogP contribution in [0.5, 0.6) is 11.5 Å². The third-order valence-electron chi connectivity index (χ3n) is 6.59. The van der Waals surface area contributed by atoms with Crippen LogP contribution in [0, 0.1) is 0 Å². The summed E-state index contributed by atoms with van der Waals surface area (Å²) in [5, 5.41) is 8.55. The van der Waals surface area contributed by atoms with Crippen LogP contribution >= 0.6 is 11.8 Å². The number of methoxy groups -OCH3 is 2. The molecule has 0 aliphatic rings. The van der Waals surface area contributed by atoms with Crippen molar-refractivity contribution in [2.24, 2.45) is 0 Å². The minimum Gasteiger partial charge on any atom is -0.493 e. The highest BCUT2D eigenvalue weighted by Gasteiger charge is 2.31. The van der Waals surface area contributed by atoms with Crippen molar-refractivity contribution in [2.45, 2.75) is 42.4 Å². The molecule has 2 aromatic heterocycles. The fourth-order valence-electron chi connectivity index (χ4n) is 4.61. The average molecular weight is 623 g/mol. The molecule has 9 nitrogen and oxygen atoms in total. The molecular formula is C31H29F3N6O3S. The van der Waals surface area contributed by atoms with E-state index >= 15 is 0 Å². The van der Waals surface area contributed by atoms with Crippen LogP contribution in [0.3, 0.4) is 0 Å². The number of alkyl halides is 3. The van der Waals surface area contributed by atoms with Crippen LogP contribution in [0.25, 0.3) is 16.6 Å². The maximum atomic E-state index is 13.8. The van der Waals surface area contributed by atoms with E-state index in [0.29, 0.717) is 39.2 Å². The lowest BCUT2D eigenvalue weighted by Gasteiger charge is -2.35. The number of hydrogen-bond acceptors (Lipinski definition) is 7. The molecule has 0 saturated carbocycles. The lowest BCUT2D eigenvalue weighted by atomic mass is 10.1. The number of ether oxygens (including phenoxy) is 2. The normalized spacial score (nSPS) is 11.8. The van der Waals surface area contributed by atoms with E-state index in [0.717, 1.165) is 22.4 Å². The van der Waals surface area contributed by atoms with Gasteiger partial charge in [0.1, 0.15) is 17.2 Å². The Morgan fingerprint density at radius 2 is 1.64 bits per heavy atom. The fourth-order valence-corrected chi connectivity index (χ4v) is 5.53. The number of fused-ring (bicyclic) bond motifs is 1. The van der Waals surface area contributed by atoms with E-state index in [4.69, 9.17) is 9.47 Å². The van der Waals surface area contributed by atoms with Gasteiger partial charge in [0.05, 0.1) is 37.2 Å². The van der Waals surface area contributed by atoms with Crippen LogP contribution in [-0.4, -0.2) is 45.5 Å². The number of aromatic nitrogens is 4. The number of carbonyl (C=O) groups excluding carboxylic acids is 1. The van der Waals surface area contributed by atoms with Gasteiger partial charge in [0, 0.05) is 33.6 Å². The molecule has 5 aromatic rings. The molecule has 2 heterocycles. The minimum absolute atomic E-state index is 0.298. The topological polar surface area (TPSA) is 94.4 Å². The molecule has 0 atom stereocenters. The number of anilines is 2. The average Bonchev–Trinajstić information content (AvgIpc) is 3.43. The highest BCUT2D eigenvalue weighted by Crippen LogP contribution is 2.38. The number of urea groups is 1. The highest BCUT2D eigenvalue weighted by atomic mass is 32.2. The molecule has 228 valence electrons. The van der Waals surface area contributed by atoms with Gasteiger partial charge in [0.15, 0.2) is 11.5 Å². The Kier molecular flexibility index (Phi) is 8.42. The van der Waals surface area contributed by atoms with E-state index in [1.807, 2.05) is 51.1 Å². The highest BCUT2D eigenvalue weighted by molar-refractivity contribution is 7.99. The van der Waals surface area contributed by atoms with Crippen LogP contribution in [-0.2, 0) is 6.18 Å². The van der Waals surface area contributed by atoms with E-state index in [1.54, 1.807) is 31.3 Å². The monoisotopic (exact) mass is 622 g/mol. The Bertz CT molecular complexity index is 1800. The van der Waals surface area contributed by atoms with Gasteiger partial charge < -0.3 is 9.47 Å². The van der Waals surface area contributed by atoms with Gasteiger partial charge in [-0.15, -0.1) is 0 Å². The molecule has 0 aliphatic carbocycles. The predicted octanol–water partition coefficient (Wildman–Crippen LogP) is 7.84. The Morgan fingerprint density at radius 1 is 0.932 bits per heavy atom. The van der Waals surface area contributed by atoms with E-state index in [-0.39, 0.29) is 0 Å². The molecule has 13 heteroatoms. The third kappa shape index (κ3) is 6.42. The standard InChI is InChI=1S/C31H29F3N6O3S/c1-30(2,3)39(29(41)38-27-13-14-37-40(27)20-11-9-19(10-12-20)31(32,33)34)21-7-6-8-22(15-21)44-28-23-16-25(42-4)26(43-5)17-24(23)35-18-36-28/h6-18H,1-5H3,(H,38,41). The molecule has 5 rings (SSSR count). The molecule has 2 amide bonds. The van der Waals surface area contributed by atoms with Crippen LogP contribution in [0.2, 0.25) is 0 Å². The molecule has 0 radical (unpaired) electrons. The van der Waals surface area contributed by atoms with Crippen molar-refractivity contribution in [1.29, 1.82) is 0 Å². The Labute approximate surface area is 256 Å². The van der Waals surface area contributed by atoms with Gasteiger partial charge in [-0.1, -0.05) is 17.8 Å². The summed E-state index contributed by atoms with van der Waals surface area (Å²) < 4.78 is 51.4. The number of amides is 2. The number of hydrogen-bond donors (Lipinski definition) is 1. The number of carbonyl (C=O) groups is 1. The summed E-state index contributed by atoms with van der Waals surface area (Å²) in [4.78, 5) is 25.1. The van der Waals surface area contributed by atoms with Crippen molar-refractivity contribution in [3.05, 3.63) is 84.8 Å². The van der Waals surface area contributed by atoms with Gasteiger partial charge in [-0.25, -0.2) is 19.4 Å². The van der Waals surface area contributed by atoms with Gasteiger partial charge in [-0.3, -0.25) is 10.2 Å². The Hall–Kier alpha value is -4.78. The molecule has 0 spiro atoms. The quantitative estimate of drug-likeness (QED) is 0.185. The van der Waals surface area contributed by atoms with Gasteiger partial charge in [0.2, 0.25) is 0 Å². The first-order valence-electron chi connectivity index (χ1n) is 13.4. The van der Waals surface area contributed by atoms with E-state index < -0.39 is 23.3 Å². The zero-order valence-electron chi connectivity index (χ0n) is 24.5. The zero-order valence-corrected chi connectivity index (χ0v) is 25.3. The first kappa shape index (κ1) is 30.7. The summed E-state index contributed by atoms with van der Waals surface area (Å²) in [6.45, 7) is 5.70. The number of rotatable bonds is 7. The second kappa shape index (κ2) is 12.1. The van der Waals surface area contributed by atoms with Gasteiger partial charge in [0.25, 0.3) is 0 Å². The molecule has 0 unspecified atom stereocenters. The lowest BCUT2D eigenvalue weighted by Crippen LogP contribution is -2.48. The Balaban J connectivity index is 1.43. The van der Waals surface area contributed by atoms with E-state index in [2.05, 4.69) is 20.4 Å². The summed E-state index contributed by atoms with van der Waals surface area (Å²) in [5.74, 6) is 1.41. The van der Waals surface area contributed by atoms with Crippen molar-refractivity contribution < 1.29 is 27.4 Å². The molecule has 0 bridgehead atoms. The SMILES string of the molecule is COc1cc2ncnc(Sc3cccc(N(C(=O)Nc4ccnn4-c4ccc(C(F)(F)F)cc4)C(C)(C)C)c3)c2cc1OC. The Morgan fingerprint density at radius 3 is 2.30 bits per heavy atom. The van der Waals surface area contributed by atoms with E-state index in [1.165, 1.54) is 41.1 Å². The zero-order chi connectivity index (χ0) is 31.6. The summed E-state index contributed by atoms with van der Waals surface area (Å²) in [7, 11) is 3.12. The second-order valence-electron chi connectivity index (χ2n) is 10.6. The van der Waals surface area contributed by atoms with Gasteiger partial charge in [-0.05, 0) is 69.3 Å². The number of nitrogens with zero attached hydrogens (tertiary/aromatic N) is 5. The molecule has 1 N–H and O–H groups in total. The predicted molar refractivity (Wildman–Crippen MR) is 163 cm³/mol. The van der Waals surface area contributed by atoms with Gasteiger partial charge in [-0.2, -0.15) is 18.3 Å². The van der Waals surface area contributed by atoms with Crippen molar-refractivity contribution >= 4 is 40.2 Å². The van der Waals surface area contributed by atoms with Gasteiger partial charge >= 0.3 is 12.2 Å². The fraction of sp³-hybridized carbons (Fsp3) is 0.226. The smallest absolute Gasteiger partial charge is 0.416 e. The molecule has 0 fully saturated rings. The van der Waals surface area contributed by atoms with Crippen molar-refractivity contribution in [3.8, 4) is 17.2 Å². The molecule has 0 aliphatic heterocycles. The van der Waals surface area contributed by atoms with Crippen LogP contribution in [0.4, 0.5) is 29.5 Å². The van der Waals surface area contributed by atoms with Crippen LogP contribution < -0.4 is 19.7 Å². The summed E-state index contributed by atoms with van der Waals surface area (Å²) in [5.41, 5.74) is 0.252. The molecule has 0 saturated heterocycles. The maximum absolute atomic E-state index is 13.8. The van der Waals surface area contributed by atoms with Crippen LogP contribution in [0.15, 0.2) is 89.2 Å². The summed E-state index contributed by atoms with van der Waals surface area (Å²) >= 11 is 1.41. The lowest BCUT2D eigenvalue weighted by molar-refractivity contribution is -0.137. The largest absolute Gasteiger partial charge is 0.493 e. The number of nitrogens with one attached hydrogen (secondary N) is 1. The third-order valence-corrected chi connectivity index (χ3v) is 7.59. The first-order chi connectivity index (χ1) is 20.9. The van der Waals surface area contributed by atoms with Crippen molar-refractivity contribution in [3.63, 3.8) is 0 Å². The minimum atomic E-state index is -4.46. The number of benzene rings is 3. The second-order valence-corrected chi connectivity index (χ2v) is 11.7. The van der Waals surface area contributed by atoms with Crippen molar-refractivity contribution in [1.82, 2.24) is 19.7 Å². The molecule has 44 heavy (non-hydrogen) atoms. The number of halogens is 3.